The molecule has 1 amide bonds. The van der Waals surface area contributed by atoms with E-state index in [2.05, 4.69) is 0 Å². The summed E-state index contributed by atoms with van der Waals surface area (Å²) in [5, 5.41) is 63.5. The van der Waals surface area contributed by atoms with E-state index in [1.165, 1.54) is 0 Å². The van der Waals surface area contributed by atoms with Crippen molar-refractivity contribution in [2.75, 3.05) is 13.2 Å². The molecule has 0 spiro atoms. The van der Waals surface area contributed by atoms with E-state index in [0.29, 0.717) is 21.4 Å². The van der Waals surface area contributed by atoms with Crippen LogP contribution in [0.15, 0.2) is 43.7 Å². The van der Waals surface area contributed by atoms with E-state index in [1.807, 2.05) is 4.98 Å². The number of carbonyl (C=O) groups excluding carboxylic acids is 1. The van der Waals surface area contributed by atoms with Gasteiger partial charge in [0.2, 0.25) is 11.4 Å². The minimum atomic E-state index is -3.08. The number of nitrogens with zero attached hydrogens (tertiary/aromatic N) is 3. The highest BCUT2D eigenvalue weighted by Gasteiger charge is 2.76. The largest absolute Gasteiger partial charge is 0.394 e. The Balaban J connectivity index is 2.22. The van der Waals surface area contributed by atoms with Crippen LogP contribution in [0.5, 0.6) is 0 Å². The maximum absolute atomic E-state index is 13.4. The van der Waals surface area contributed by atoms with Crippen LogP contribution in [0.1, 0.15) is 0 Å². The summed E-state index contributed by atoms with van der Waals surface area (Å²) in [4.78, 5) is 64.1. The zero-order valence-corrected chi connectivity index (χ0v) is 18.6. The lowest BCUT2D eigenvalue weighted by atomic mass is 9.85. The number of aromatic nitrogens is 4. The summed E-state index contributed by atoms with van der Waals surface area (Å²) in [5.41, 5.74) is -6.07. The van der Waals surface area contributed by atoms with Gasteiger partial charge in [0.1, 0.15) is 36.6 Å². The molecule has 8 atom stereocenters. The Hall–Kier alpha value is -3.49. The molecule has 18 nitrogen and oxygen atoms in total. The number of H-pyrrole nitrogens is 1. The second-order valence-electron chi connectivity index (χ2n) is 8.40. The second-order valence-corrected chi connectivity index (χ2v) is 8.40. The summed E-state index contributed by atoms with van der Waals surface area (Å²) in [6.45, 7) is -2.01. The van der Waals surface area contributed by atoms with Gasteiger partial charge in [-0.25, -0.2) is 14.4 Å². The predicted molar refractivity (Wildman–Crippen MR) is 115 cm³/mol. The average Bonchev–Trinajstić information content (AvgIpc) is 3.25. The molecule has 37 heavy (non-hydrogen) atoms. The maximum atomic E-state index is 13.4. The molecule has 2 fully saturated rings. The number of rotatable bonds is 5. The van der Waals surface area contributed by atoms with Gasteiger partial charge in [0, 0.05) is 24.5 Å². The van der Waals surface area contributed by atoms with Crippen molar-refractivity contribution in [2.24, 2.45) is 5.73 Å². The molecule has 2 aromatic heterocycles. The fourth-order valence-electron chi connectivity index (χ4n) is 4.85. The smallest absolute Gasteiger partial charge is 0.341 e. The molecule has 4 heterocycles. The van der Waals surface area contributed by atoms with Crippen LogP contribution < -0.4 is 28.2 Å². The summed E-state index contributed by atoms with van der Waals surface area (Å²) in [6.07, 6.45) is -11.0. The maximum Gasteiger partial charge on any atom is 0.341 e. The quantitative estimate of drug-likeness (QED) is 0.179. The van der Waals surface area contributed by atoms with Crippen LogP contribution in [0.3, 0.4) is 0 Å². The van der Waals surface area contributed by atoms with Gasteiger partial charge in [0.05, 0.1) is 13.2 Å². The molecule has 0 saturated carbocycles. The fourth-order valence-corrected chi connectivity index (χ4v) is 4.85. The molecular weight excluding hydrogens is 506 g/mol. The molecule has 4 rings (SSSR count). The summed E-state index contributed by atoms with van der Waals surface area (Å²) < 4.78 is 12.0. The van der Waals surface area contributed by atoms with Crippen LogP contribution in [0.25, 0.3) is 0 Å². The number of aromatic amines is 1. The van der Waals surface area contributed by atoms with Gasteiger partial charge in [-0.2, -0.15) is 4.57 Å². The van der Waals surface area contributed by atoms with E-state index >= 15 is 0 Å². The molecule has 0 unspecified atom stereocenters. The first-order valence-electron chi connectivity index (χ1n) is 10.7. The summed E-state index contributed by atoms with van der Waals surface area (Å²) >= 11 is 0. The van der Waals surface area contributed by atoms with Gasteiger partial charge >= 0.3 is 17.4 Å². The van der Waals surface area contributed by atoms with Crippen LogP contribution in [0.2, 0.25) is 0 Å². The van der Waals surface area contributed by atoms with E-state index in [1.54, 1.807) is 0 Å². The molecule has 202 valence electrons. The van der Waals surface area contributed by atoms with Crippen LogP contribution in [0.4, 0.5) is 4.79 Å². The van der Waals surface area contributed by atoms with Crippen molar-refractivity contribution in [1.82, 2.24) is 18.7 Å². The van der Waals surface area contributed by atoms with Crippen molar-refractivity contribution in [3.63, 3.8) is 0 Å². The molecule has 9 N–H and O–H groups in total. The van der Waals surface area contributed by atoms with E-state index < -0.39 is 89.8 Å². The Morgan fingerprint density at radius 3 is 1.81 bits per heavy atom. The lowest BCUT2D eigenvalue weighted by Crippen LogP contribution is -2.72. The van der Waals surface area contributed by atoms with Gasteiger partial charge in [-0.1, -0.05) is 0 Å². The average molecular weight is 529 g/mol. The van der Waals surface area contributed by atoms with Gasteiger partial charge in [-0.3, -0.25) is 23.7 Å². The molecule has 18 heteroatoms. The summed E-state index contributed by atoms with van der Waals surface area (Å²) in [6, 6.07) is -0.199. The molecule has 0 radical (unpaired) electrons. The van der Waals surface area contributed by atoms with E-state index in [4.69, 9.17) is 15.2 Å². The van der Waals surface area contributed by atoms with Crippen molar-refractivity contribution < 1.29 is 44.9 Å². The first-order chi connectivity index (χ1) is 17.4. The number of carbonyl (C=O) groups is 1. The number of ether oxygens (including phenoxy) is 2. The summed E-state index contributed by atoms with van der Waals surface area (Å²) in [5.74, 6) is 0. The van der Waals surface area contributed by atoms with Gasteiger partial charge in [0.25, 0.3) is 11.1 Å². The number of nitrogens with one attached hydrogen (secondary N) is 1. The molecule has 2 aliphatic heterocycles. The lowest BCUT2D eigenvalue weighted by molar-refractivity contribution is -0.328. The van der Waals surface area contributed by atoms with E-state index in [0.717, 1.165) is 12.3 Å². The monoisotopic (exact) mass is 529 g/mol. The zero-order chi connectivity index (χ0) is 27.4. The topological polar surface area (TPSA) is 282 Å². The highest BCUT2D eigenvalue weighted by molar-refractivity contribution is 5.74. The number of aliphatic hydroxyl groups is 6. The number of primary amides is 1. The van der Waals surface area contributed by atoms with Crippen molar-refractivity contribution in [2.45, 2.75) is 48.1 Å². The highest BCUT2D eigenvalue weighted by atomic mass is 16.6. The fraction of sp³-hybridized carbons (Fsp3) is 0.526. The minimum absolute atomic E-state index is 0.110. The third-order valence-corrected chi connectivity index (χ3v) is 6.49. The normalized spacial score (nSPS) is 35.6. The Labute approximate surface area is 203 Å². The molecule has 0 aliphatic carbocycles. The zero-order valence-electron chi connectivity index (χ0n) is 18.6. The van der Waals surface area contributed by atoms with Crippen LogP contribution >= 0.6 is 0 Å². The van der Waals surface area contributed by atoms with Crippen LogP contribution in [0, 0.1) is 0 Å². The van der Waals surface area contributed by atoms with Crippen LogP contribution in [-0.4, -0.2) is 105 Å². The molecule has 2 aliphatic rings. The van der Waals surface area contributed by atoms with Crippen molar-refractivity contribution in [3.8, 4) is 0 Å². The lowest BCUT2D eigenvalue weighted by Gasteiger charge is -2.49. The number of nitrogens with two attached hydrogens (primary N) is 1. The number of amides is 1. The van der Waals surface area contributed by atoms with Crippen molar-refractivity contribution in [1.29, 1.82) is 0 Å². The predicted octanol–water partition coefficient (Wildman–Crippen LogP) is -6.98. The Morgan fingerprint density at radius 1 is 0.892 bits per heavy atom. The van der Waals surface area contributed by atoms with Crippen molar-refractivity contribution >= 4 is 6.03 Å². The Bertz CT molecular complexity index is 1450. The number of aliphatic hydroxyl groups excluding tert-OH is 6. The summed E-state index contributed by atoms with van der Waals surface area (Å²) in [7, 11) is 0. The third-order valence-electron chi connectivity index (χ3n) is 6.49. The standard InChI is InChI=1S/C19H23N5O13/c20-15(33)24-10(28)2-4-23(17(24)35)19(14(32)12(30)8(6-26)37-19)18(13(31)11(29)7(5-25)36-18)22-3-1-9(27)21-16(22)34/h1-4,7-8,11-14,25-26,29-32H,5-6H2,(H2,20,33)(H,21,27,34)/t7-,8-,11-,12-,13-,14-,18+,19+/m1/s1. The first kappa shape index (κ1) is 26.6. The van der Waals surface area contributed by atoms with Gasteiger partial charge in [0.15, 0.2) is 0 Å². The number of hydrogen-bond acceptors (Lipinski definition) is 13. The molecule has 2 saturated heterocycles. The Kier molecular flexibility index (Phi) is 6.55. The van der Waals surface area contributed by atoms with Gasteiger partial charge in [-0.05, 0) is 0 Å². The molecule has 2 aromatic rings. The van der Waals surface area contributed by atoms with Gasteiger partial charge in [-0.15, -0.1) is 0 Å². The van der Waals surface area contributed by atoms with E-state index in [-0.39, 0.29) is 4.57 Å². The Morgan fingerprint density at radius 2 is 1.38 bits per heavy atom. The minimum Gasteiger partial charge on any atom is -0.394 e. The highest BCUT2D eigenvalue weighted by Crippen LogP contribution is 2.53. The molecule has 0 aromatic carbocycles. The van der Waals surface area contributed by atoms with E-state index in [9.17, 15) is 54.6 Å². The third kappa shape index (κ3) is 3.46. The first-order valence-corrected chi connectivity index (χ1v) is 10.7. The van der Waals surface area contributed by atoms with Crippen LogP contribution in [-0.2, 0) is 20.9 Å². The number of hydrogen-bond donors (Lipinski definition) is 8. The van der Waals surface area contributed by atoms with Gasteiger partial charge < -0.3 is 45.8 Å². The molecule has 0 bridgehead atoms. The second kappa shape index (κ2) is 9.11. The SMILES string of the molecule is NC(=O)n1c(=O)ccn([C@]2([C@@]3(n4ccc(=O)[nH]c4=O)O[C@H](CO)[C@@H](O)[C@H]3O)O[C@H](CO)[C@@H](O)[C@H]2O)c1=O. The van der Waals surface area contributed by atoms with Crippen molar-refractivity contribution in [3.05, 3.63) is 66.2 Å². The molecular formula is C19H23N5O13.